The summed E-state index contributed by atoms with van der Waals surface area (Å²) in [6, 6.07) is 15.1. The Morgan fingerprint density at radius 1 is 0.897 bits per heavy atom. The van der Waals surface area contributed by atoms with Gasteiger partial charge in [-0.2, -0.15) is 0 Å². The number of nitrogens with zero attached hydrogens (tertiary/aromatic N) is 1. The van der Waals surface area contributed by atoms with Crippen LogP contribution in [-0.2, 0) is 6.54 Å². The lowest BCUT2D eigenvalue weighted by molar-refractivity contribution is 0.102. The second-order valence-electron chi connectivity index (χ2n) is 7.94. The molecule has 3 amide bonds. The Morgan fingerprint density at radius 2 is 1.62 bits per heavy atom. The average molecular weight is 393 g/mol. The Hall–Kier alpha value is -2.86. The maximum Gasteiger partial charge on any atom is 0.319 e. The number of benzene rings is 2. The molecule has 0 aromatic heterocycles. The number of likely N-dealkylation sites (tertiary alicyclic amines) is 1. The van der Waals surface area contributed by atoms with Gasteiger partial charge in [0.1, 0.15) is 0 Å². The molecule has 2 aromatic rings. The molecular weight excluding hydrogens is 364 g/mol. The van der Waals surface area contributed by atoms with E-state index < -0.39 is 0 Å². The smallest absolute Gasteiger partial charge is 0.319 e. The summed E-state index contributed by atoms with van der Waals surface area (Å²) in [6.07, 6.45) is 5.92. The van der Waals surface area contributed by atoms with Crippen LogP contribution < -0.4 is 16.0 Å². The third-order valence-corrected chi connectivity index (χ3v) is 5.33. The van der Waals surface area contributed by atoms with Gasteiger partial charge >= 0.3 is 6.03 Å². The van der Waals surface area contributed by atoms with Crippen LogP contribution in [0.1, 0.15) is 48.0 Å². The summed E-state index contributed by atoms with van der Waals surface area (Å²) >= 11 is 0. The number of amides is 3. The first-order valence-corrected chi connectivity index (χ1v) is 10.5. The van der Waals surface area contributed by atoms with Crippen molar-refractivity contribution in [1.82, 2.24) is 10.2 Å². The SMILES string of the molecule is O=C(Nc1cccc(C(=O)Nc2cccc(CN3CCCCC3)c2)c1)NC1CC1. The van der Waals surface area contributed by atoms with E-state index in [0.29, 0.717) is 17.3 Å². The van der Waals surface area contributed by atoms with Gasteiger partial charge in [0.2, 0.25) is 0 Å². The summed E-state index contributed by atoms with van der Waals surface area (Å²) < 4.78 is 0. The minimum Gasteiger partial charge on any atom is -0.335 e. The molecule has 0 bridgehead atoms. The second-order valence-corrected chi connectivity index (χ2v) is 7.94. The Morgan fingerprint density at radius 3 is 2.38 bits per heavy atom. The average Bonchev–Trinajstić information content (AvgIpc) is 3.53. The number of urea groups is 1. The molecule has 3 N–H and O–H groups in total. The van der Waals surface area contributed by atoms with E-state index in [-0.39, 0.29) is 11.9 Å². The molecule has 6 heteroatoms. The zero-order chi connectivity index (χ0) is 20.1. The first kappa shape index (κ1) is 19.5. The number of hydrogen-bond acceptors (Lipinski definition) is 3. The number of carbonyl (C=O) groups excluding carboxylic acids is 2. The summed E-state index contributed by atoms with van der Waals surface area (Å²) in [5.74, 6) is -0.189. The molecule has 0 atom stereocenters. The molecule has 4 rings (SSSR count). The number of rotatable bonds is 6. The molecule has 1 aliphatic carbocycles. The summed E-state index contributed by atoms with van der Waals surface area (Å²) in [5, 5.41) is 8.64. The van der Waals surface area contributed by atoms with E-state index in [1.165, 1.54) is 24.8 Å². The normalized spacial score (nSPS) is 16.8. The molecule has 152 valence electrons. The molecule has 2 aliphatic rings. The topological polar surface area (TPSA) is 73.5 Å². The van der Waals surface area contributed by atoms with E-state index in [9.17, 15) is 9.59 Å². The molecule has 2 fully saturated rings. The van der Waals surface area contributed by atoms with Gasteiger partial charge in [-0.05, 0) is 74.7 Å². The van der Waals surface area contributed by atoms with Crippen molar-refractivity contribution in [2.24, 2.45) is 0 Å². The first-order chi connectivity index (χ1) is 14.2. The fourth-order valence-electron chi connectivity index (χ4n) is 3.64. The zero-order valence-electron chi connectivity index (χ0n) is 16.6. The third-order valence-electron chi connectivity index (χ3n) is 5.33. The van der Waals surface area contributed by atoms with Crippen LogP contribution >= 0.6 is 0 Å². The van der Waals surface area contributed by atoms with E-state index in [0.717, 1.165) is 38.2 Å². The molecule has 1 saturated heterocycles. The van der Waals surface area contributed by atoms with Crippen LogP contribution in [0.15, 0.2) is 48.5 Å². The summed E-state index contributed by atoms with van der Waals surface area (Å²) in [7, 11) is 0. The van der Waals surface area contributed by atoms with Crippen molar-refractivity contribution in [3.05, 3.63) is 59.7 Å². The highest BCUT2D eigenvalue weighted by Crippen LogP contribution is 2.20. The van der Waals surface area contributed by atoms with E-state index >= 15 is 0 Å². The predicted molar refractivity (Wildman–Crippen MR) is 115 cm³/mol. The van der Waals surface area contributed by atoms with Crippen LogP contribution in [-0.4, -0.2) is 36.0 Å². The van der Waals surface area contributed by atoms with Crippen molar-refractivity contribution < 1.29 is 9.59 Å². The quantitative estimate of drug-likeness (QED) is 0.689. The fraction of sp³-hybridized carbons (Fsp3) is 0.391. The molecular formula is C23H28N4O2. The van der Waals surface area contributed by atoms with Gasteiger partial charge < -0.3 is 16.0 Å². The lowest BCUT2D eigenvalue weighted by Crippen LogP contribution is -2.30. The molecule has 29 heavy (non-hydrogen) atoms. The van der Waals surface area contributed by atoms with Gasteiger partial charge in [0.25, 0.3) is 5.91 Å². The second kappa shape index (κ2) is 9.09. The van der Waals surface area contributed by atoms with Gasteiger partial charge in [0, 0.05) is 29.5 Å². The molecule has 1 heterocycles. The number of hydrogen-bond donors (Lipinski definition) is 3. The van der Waals surface area contributed by atoms with Gasteiger partial charge in [0.15, 0.2) is 0 Å². The minimum atomic E-state index is -0.226. The highest BCUT2D eigenvalue weighted by Gasteiger charge is 2.23. The van der Waals surface area contributed by atoms with Crippen LogP contribution in [0.25, 0.3) is 0 Å². The Bertz CT molecular complexity index is 873. The highest BCUT2D eigenvalue weighted by molar-refractivity contribution is 6.05. The molecule has 0 spiro atoms. The maximum absolute atomic E-state index is 12.7. The standard InChI is InChI=1S/C23H28N4O2/c28-22(18-7-5-9-21(15-18)26-23(29)25-19-10-11-19)24-20-8-4-6-17(14-20)16-27-12-2-1-3-13-27/h4-9,14-15,19H,1-3,10-13,16H2,(H,24,28)(H2,25,26,29). The fourth-order valence-corrected chi connectivity index (χ4v) is 3.64. The van der Waals surface area contributed by atoms with Crippen molar-refractivity contribution in [1.29, 1.82) is 0 Å². The lowest BCUT2D eigenvalue weighted by atomic mass is 10.1. The summed E-state index contributed by atoms with van der Waals surface area (Å²) in [5.41, 5.74) is 3.11. The van der Waals surface area contributed by atoms with E-state index in [2.05, 4.69) is 26.9 Å². The van der Waals surface area contributed by atoms with Gasteiger partial charge in [0.05, 0.1) is 0 Å². The number of piperidine rings is 1. The predicted octanol–water partition coefficient (Wildman–Crippen LogP) is 4.21. The lowest BCUT2D eigenvalue weighted by Gasteiger charge is -2.26. The van der Waals surface area contributed by atoms with Crippen LogP contribution in [0.3, 0.4) is 0 Å². The van der Waals surface area contributed by atoms with E-state index in [1.807, 2.05) is 18.2 Å². The van der Waals surface area contributed by atoms with Crippen molar-refractivity contribution in [3.63, 3.8) is 0 Å². The van der Waals surface area contributed by atoms with Crippen LogP contribution in [0.5, 0.6) is 0 Å². The van der Waals surface area contributed by atoms with Gasteiger partial charge in [-0.3, -0.25) is 9.69 Å². The highest BCUT2D eigenvalue weighted by atomic mass is 16.2. The molecule has 6 nitrogen and oxygen atoms in total. The summed E-state index contributed by atoms with van der Waals surface area (Å²) in [4.78, 5) is 27.1. The van der Waals surface area contributed by atoms with Crippen molar-refractivity contribution in [2.45, 2.75) is 44.7 Å². The first-order valence-electron chi connectivity index (χ1n) is 10.5. The molecule has 0 radical (unpaired) electrons. The van der Waals surface area contributed by atoms with Crippen molar-refractivity contribution >= 4 is 23.3 Å². The van der Waals surface area contributed by atoms with Crippen LogP contribution in [0.4, 0.5) is 16.2 Å². The van der Waals surface area contributed by atoms with E-state index in [1.54, 1.807) is 24.3 Å². The molecule has 1 aliphatic heterocycles. The summed E-state index contributed by atoms with van der Waals surface area (Å²) in [6.45, 7) is 3.20. The van der Waals surface area contributed by atoms with Crippen molar-refractivity contribution in [3.8, 4) is 0 Å². The van der Waals surface area contributed by atoms with Crippen LogP contribution in [0.2, 0.25) is 0 Å². The Labute approximate surface area is 171 Å². The zero-order valence-corrected chi connectivity index (χ0v) is 16.6. The Kier molecular flexibility index (Phi) is 6.10. The largest absolute Gasteiger partial charge is 0.335 e. The third kappa shape index (κ3) is 5.81. The van der Waals surface area contributed by atoms with E-state index in [4.69, 9.17) is 0 Å². The van der Waals surface area contributed by atoms with Crippen molar-refractivity contribution in [2.75, 3.05) is 23.7 Å². The van der Waals surface area contributed by atoms with Gasteiger partial charge in [-0.1, -0.05) is 24.6 Å². The molecule has 2 aromatic carbocycles. The minimum absolute atomic E-state index is 0.189. The maximum atomic E-state index is 12.7. The van der Waals surface area contributed by atoms with Gasteiger partial charge in [-0.15, -0.1) is 0 Å². The van der Waals surface area contributed by atoms with Gasteiger partial charge in [-0.25, -0.2) is 4.79 Å². The molecule has 1 saturated carbocycles. The van der Waals surface area contributed by atoms with Crippen LogP contribution in [0, 0.1) is 0 Å². The number of carbonyl (C=O) groups is 2. The monoisotopic (exact) mass is 392 g/mol. The molecule has 0 unspecified atom stereocenters. The number of anilines is 2. The number of nitrogens with one attached hydrogen (secondary N) is 3. The Balaban J connectivity index is 1.36.